The van der Waals surface area contributed by atoms with Crippen LogP contribution in [0.15, 0.2) is 49.1 Å². The van der Waals surface area contributed by atoms with Crippen molar-refractivity contribution in [2.24, 2.45) is 0 Å². The number of amides is 1. The zero-order valence-electron chi connectivity index (χ0n) is 14.8. The number of carbonyl (C=O) groups is 1. The molecule has 5 nitrogen and oxygen atoms in total. The van der Waals surface area contributed by atoms with E-state index >= 15 is 0 Å². The van der Waals surface area contributed by atoms with Crippen LogP contribution in [-0.4, -0.2) is 38.4 Å². The molecule has 1 aliphatic heterocycles. The van der Waals surface area contributed by atoms with Crippen LogP contribution < -0.4 is 0 Å². The van der Waals surface area contributed by atoms with E-state index in [9.17, 15) is 4.79 Å². The maximum Gasteiger partial charge on any atom is 0.263 e. The quantitative estimate of drug-likeness (QED) is 0.707. The molecule has 1 amide bonds. The van der Waals surface area contributed by atoms with Gasteiger partial charge in [0.1, 0.15) is 5.82 Å². The topological polar surface area (TPSA) is 51.0 Å². The minimum Gasteiger partial charge on any atom is -0.337 e. The average Bonchev–Trinajstić information content (AvgIpc) is 3.31. The van der Waals surface area contributed by atoms with Crippen molar-refractivity contribution in [2.75, 3.05) is 13.1 Å². The Morgan fingerprint density at radius 2 is 2.23 bits per heavy atom. The average molecular weight is 366 g/mol. The molecule has 1 atom stereocenters. The predicted octanol–water partition coefficient (Wildman–Crippen LogP) is 3.72. The van der Waals surface area contributed by atoms with Gasteiger partial charge in [-0.05, 0) is 43.5 Å². The summed E-state index contributed by atoms with van der Waals surface area (Å²) in [6.07, 6.45) is 9.63. The van der Waals surface area contributed by atoms with Gasteiger partial charge in [-0.15, -0.1) is 11.3 Å². The Bertz CT molecular complexity index is 886. The molecule has 134 valence electrons. The van der Waals surface area contributed by atoms with Crippen molar-refractivity contribution >= 4 is 17.2 Å². The molecule has 1 saturated heterocycles. The highest BCUT2D eigenvalue weighted by molar-refractivity contribution is 7.13. The molecule has 3 aromatic heterocycles. The Morgan fingerprint density at radius 3 is 3.00 bits per heavy atom. The molecule has 0 bridgehead atoms. The molecule has 4 heterocycles. The number of nitrogens with zero attached hydrogens (tertiary/aromatic N) is 4. The van der Waals surface area contributed by atoms with Crippen molar-refractivity contribution in [2.45, 2.75) is 32.2 Å². The summed E-state index contributed by atoms with van der Waals surface area (Å²) in [6, 6.07) is 7.98. The van der Waals surface area contributed by atoms with Gasteiger partial charge in [-0.2, -0.15) is 0 Å². The first kappa shape index (κ1) is 17.0. The second-order valence-electron chi connectivity index (χ2n) is 6.78. The first-order valence-electron chi connectivity index (χ1n) is 8.96. The van der Waals surface area contributed by atoms with E-state index in [1.165, 1.54) is 4.88 Å². The van der Waals surface area contributed by atoms with Crippen LogP contribution in [0.2, 0.25) is 0 Å². The monoisotopic (exact) mass is 366 g/mol. The fourth-order valence-electron chi connectivity index (χ4n) is 3.58. The molecule has 4 rings (SSSR count). The molecular weight excluding hydrogens is 344 g/mol. The highest BCUT2D eigenvalue weighted by Crippen LogP contribution is 2.28. The van der Waals surface area contributed by atoms with Crippen molar-refractivity contribution in [3.8, 4) is 0 Å². The van der Waals surface area contributed by atoms with Crippen molar-refractivity contribution in [3.05, 3.63) is 70.2 Å². The second-order valence-corrected chi connectivity index (χ2v) is 8.06. The van der Waals surface area contributed by atoms with Crippen LogP contribution in [-0.2, 0) is 6.54 Å². The molecule has 3 aromatic rings. The Kier molecular flexibility index (Phi) is 4.84. The highest BCUT2D eigenvalue weighted by atomic mass is 32.1. The molecule has 1 fully saturated rings. The van der Waals surface area contributed by atoms with E-state index in [1.54, 1.807) is 17.5 Å². The van der Waals surface area contributed by atoms with E-state index in [4.69, 9.17) is 0 Å². The minimum atomic E-state index is 0.151. The Hall–Kier alpha value is -2.47. The van der Waals surface area contributed by atoms with Gasteiger partial charge in [0, 0.05) is 48.7 Å². The van der Waals surface area contributed by atoms with Gasteiger partial charge in [0.25, 0.3) is 5.91 Å². The van der Waals surface area contributed by atoms with E-state index in [-0.39, 0.29) is 11.8 Å². The maximum absolute atomic E-state index is 12.8. The standard InChI is InChI=1S/C20H22N4OS/c1-15-6-7-18(26-15)20(25)24-10-3-5-17(14-24)19-22-9-11-23(19)13-16-4-2-8-21-12-16/h2,4,6-9,11-12,17H,3,5,10,13-14H2,1H3. The Labute approximate surface area is 157 Å². The third-order valence-electron chi connectivity index (χ3n) is 4.85. The van der Waals surface area contributed by atoms with Crippen LogP contribution in [0.25, 0.3) is 0 Å². The largest absolute Gasteiger partial charge is 0.337 e. The van der Waals surface area contributed by atoms with Crippen molar-refractivity contribution in [1.82, 2.24) is 19.4 Å². The van der Waals surface area contributed by atoms with E-state index in [0.717, 1.165) is 48.7 Å². The smallest absolute Gasteiger partial charge is 0.263 e. The van der Waals surface area contributed by atoms with Crippen LogP contribution in [0.3, 0.4) is 0 Å². The van der Waals surface area contributed by atoms with Gasteiger partial charge in [-0.25, -0.2) is 4.98 Å². The zero-order chi connectivity index (χ0) is 17.9. The first-order chi connectivity index (χ1) is 12.7. The summed E-state index contributed by atoms with van der Waals surface area (Å²) in [5, 5.41) is 0. The van der Waals surface area contributed by atoms with Gasteiger partial charge in [0.2, 0.25) is 0 Å². The number of aromatic nitrogens is 3. The van der Waals surface area contributed by atoms with Crippen LogP contribution in [0.5, 0.6) is 0 Å². The summed E-state index contributed by atoms with van der Waals surface area (Å²) in [5.41, 5.74) is 1.16. The van der Waals surface area contributed by atoms with Gasteiger partial charge in [0.05, 0.1) is 11.4 Å². The fraction of sp³-hybridized carbons (Fsp3) is 0.350. The predicted molar refractivity (Wildman–Crippen MR) is 103 cm³/mol. The number of hydrogen-bond acceptors (Lipinski definition) is 4. The molecule has 0 aliphatic carbocycles. The van der Waals surface area contributed by atoms with Gasteiger partial charge in [-0.1, -0.05) is 6.07 Å². The first-order valence-corrected chi connectivity index (χ1v) is 9.78. The summed E-state index contributed by atoms with van der Waals surface area (Å²) >= 11 is 1.57. The van der Waals surface area contributed by atoms with Gasteiger partial charge >= 0.3 is 0 Å². The van der Waals surface area contributed by atoms with E-state index < -0.39 is 0 Å². The summed E-state index contributed by atoms with van der Waals surface area (Å²) < 4.78 is 2.19. The van der Waals surface area contributed by atoms with Gasteiger partial charge < -0.3 is 9.47 Å². The fourth-order valence-corrected chi connectivity index (χ4v) is 4.42. The molecule has 26 heavy (non-hydrogen) atoms. The van der Waals surface area contributed by atoms with Crippen molar-refractivity contribution in [1.29, 1.82) is 0 Å². The van der Waals surface area contributed by atoms with E-state index in [2.05, 4.69) is 20.6 Å². The zero-order valence-corrected chi connectivity index (χ0v) is 15.7. The molecule has 6 heteroatoms. The molecule has 0 N–H and O–H groups in total. The van der Waals surface area contributed by atoms with Gasteiger partial charge in [-0.3, -0.25) is 9.78 Å². The number of likely N-dealkylation sites (tertiary alicyclic amines) is 1. The number of piperidine rings is 1. The van der Waals surface area contributed by atoms with Crippen molar-refractivity contribution in [3.63, 3.8) is 0 Å². The van der Waals surface area contributed by atoms with Crippen LogP contribution >= 0.6 is 11.3 Å². The molecule has 1 unspecified atom stereocenters. The second kappa shape index (κ2) is 7.41. The normalized spacial score (nSPS) is 17.4. The molecule has 0 radical (unpaired) electrons. The number of hydrogen-bond donors (Lipinski definition) is 0. The van der Waals surface area contributed by atoms with Crippen molar-refractivity contribution < 1.29 is 4.79 Å². The third-order valence-corrected chi connectivity index (χ3v) is 5.84. The SMILES string of the molecule is Cc1ccc(C(=O)N2CCCC(c3nccn3Cc3cccnc3)C2)s1. The Balaban J connectivity index is 1.50. The molecule has 0 aromatic carbocycles. The lowest BCUT2D eigenvalue weighted by Crippen LogP contribution is -2.39. The summed E-state index contributed by atoms with van der Waals surface area (Å²) in [7, 11) is 0. The van der Waals surface area contributed by atoms with E-state index in [0.29, 0.717) is 0 Å². The summed E-state index contributed by atoms with van der Waals surface area (Å²) in [4.78, 5) is 25.6. The number of thiophene rings is 1. The van der Waals surface area contributed by atoms with Crippen LogP contribution in [0.1, 0.15) is 44.7 Å². The van der Waals surface area contributed by atoms with Gasteiger partial charge in [0.15, 0.2) is 0 Å². The Morgan fingerprint density at radius 1 is 1.31 bits per heavy atom. The third kappa shape index (κ3) is 3.55. The number of rotatable bonds is 4. The number of carbonyl (C=O) groups excluding carboxylic acids is 1. The molecular formula is C20H22N4OS. The van der Waals surface area contributed by atoms with Crippen LogP contribution in [0, 0.1) is 6.92 Å². The number of imidazole rings is 1. The lowest BCUT2D eigenvalue weighted by Gasteiger charge is -2.32. The molecule has 0 spiro atoms. The number of aryl methyl sites for hydroxylation is 1. The minimum absolute atomic E-state index is 0.151. The summed E-state index contributed by atoms with van der Waals surface area (Å²) in [6.45, 7) is 4.36. The summed E-state index contributed by atoms with van der Waals surface area (Å²) in [5.74, 6) is 1.49. The van der Waals surface area contributed by atoms with Crippen LogP contribution in [0.4, 0.5) is 0 Å². The molecule has 1 aliphatic rings. The highest BCUT2D eigenvalue weighted by Gasteiger charge is 2.28. The lowest BCUT2D eigenvalue weighted by molar-refractivity contribution is 0.0708. The number of pyridine rings is 1. The maximum atomic E-state index is 12.8. The lowest BCUT2D eigenvalue weighted by atomic mass is 9.97. The molecule has 0 saturated carbocycles. The van der Waals surface area contributed by atoms with E-state index in [1.807, 2.05) is 48.6 Å².